The molecule has 106 valence electrons. The summed E-state index contributed by atoms with van der Waals surface area (Å²) in [5.41, 5.74) is 0. The molecular formula is C14H13BrClNO2S. The zero-order valence-electron chi connectivity index (χ0n) is 10.6. The molecule has 0 saturated heterocycles. The molecule has 3 nitrogen and oxygen atoms in total. The Kier molecular flexibility index (Phi) is 4.51. The van der Waals surface area contributed by atoms with Crippen LogP contribution in [0.25, 0.3) is 0 Å². The van der Waals surface area contributed by atoms with Gasteiger partial charge in [-0.25, -0.2) is 0 Å². The van der Waals surface area contributed by atoms with Crippen molar-refractivity contribution in [1.82, 2.24) is 5.32 Å². The maximum absolute atomic E-state index is 6.01. The number of hydrogen-bond acceptors (Lipinski definition) is 4. The van der Waals surface area contributed by atoms with Gasteiger partial charge < -0.3 is 14.8 Å². The van der Waals surface area contributed by atoms with Crippen LogP contribution in [-0.2, 0) is 6.54 Å². The molecule has 0 fully saturated rings. The minimum Gasteiger partial charge on any atom is -0.486 e. The van der Waals surface area contributed by atoms with Crippen molar-refractivity contribution < 1.29 is 9.47 Å². The fourth-order valence-electron chi connectivity index (χ4n) is 2.00. The van der Waals surface area contributed by atoms with Gasteiger partial charge in [0, 0.05) is 22.4 Å². The second kappa shape index (κ2) is 6.35. The van der Waals surface area contributed by atoms with Gasteiger partial charge in [0.2, 0.25) is 0 Å². The molecule has 1 aliphatic rings. The highest BCUT2D eigenvalue weighted by molar-refractivity contribution is 9.10. The highest BCUT2D eigenvalue weighted by Crippen LogP contribution is 2.32. The monoisotopic (exact) mass is 373 g/mol. The molecule has 0 amide bonds. The zero-order valence-corrected chi connectivity index (χ0v) is 13.7. The number of hydrogen-bond donors (Lipinski definition) is 1. The van der Waals surface area contributed by atoms with Crippen molar-refractivity contribution in [3.63, 3.8) is 0 Å². The van der Waals surface area contributed by atoms with Crippen LogP contribution >= 0.6 is 38.9 Å². The van der Waals surface area contributed by atoms with E-state index in [0.29, 0.717) is 6.61 Å². The summed E-state index contributed by atoms with van der Waals surface area (Å²) in [5.74, 6) is 1.63. The third kappa shape index (κ3) is 3.28. The van der Waals surface area contributed by atoms with Gasteiger partial charge in [0.05, 0.1) is 0 Å². The first kappa shape index (κ1) is 14.2. The predicted octanol–water partition coefficient (Wildman–Crippen LogP) is 4.09. The third-order valence-corrected chi connectivity index (χ3v) is 5.41. The molecule has 1 aromatic carbocycles. The molecule has 1 aromatic heterocycles. The maximum Gasteiger partial charge on any atom is 0.161 e. The van der Waals surface area contributed by atoms with Crippen molar-refractivity contribution >= 4 is 38.9 Å². The molecule has 20 heavy (non-hydrogen) atoms. The lowest BCUT2D eigenvalue weighted by atomic mass is 10.2. The molecule has 1 N–H and O–H groups in total. The minimum atomic E-state index is 0.0313. The molecule has 2 heterocycles. The van der Waals surface area contributed by atoms with Crippen LogP contribution in [0.5, 0.6) is 11.5 Å². The number of halogens is 2. The van der Waals surface area contributed by atoms with Crippen molar-refractivity contribution in [2.45, 2.75) is 12.6 Å². The lowest BCUT2D eigenvalue weighted by Crippen LogP contribution is -2.38. The van der Waals surface area contributed by atoms with E-state index in [9.17, 15) is 0 Å². The Balaban J connectivity index is 1.50. The Hall–Kier alpha value is -0.750. The van der Waals surface area contributed by atoms with Crippen molar-refractivity contribution in [2.24, 2.45) is 0 Å². The number of ether oxygens (including phenoxy) is 2. The summed E-state index contributed by atoms with van der Waals surface area (Å²) in [6, 6.07) is 9.78. The second-order valence-electron chi connectivity index (χ2n) is 4.46. The smallest absolute Gasteiger partial charge is 0.161 e. The SMILES string of the molecule is Clc1sc(CNCC2COc3ccccc3O2)cc1Br. The first-order chi connectivity index (χ1) is 9.72. The molecule has 6 heteroatoms. The molecule has 0 saturated carbocycles. The first-order valence-corrected chi connectivity index (χ1v) is 8.24. The number of fused-ring (bicyclic) bond motifs is 1. The molecule has 0 radical (unpaired) electrons. The normalized spacial score (nSPS) is 17.2. The van der Waals surface area contributed by atoms with Crippen LogP contribution < -0.4 is 14.8 Å². The number of benzene rings is 1. The summed E-state index contributed by atoms with van der Waals surface area (Å²) in [4.78, 5) is 1.19. The van der Waals surface area contributed by atoms with E-state index < -0.39 is 0 Å². The number of para-hydroxylation sites is 2. The fraction of sp³-hybridized carbons (Fsp3) is 0.286. The number of thiophene rings is 1. The second-order valence-corrected chi connectivity index (χ2v) is 7.06. The van der Waals surface area contributed by atoms with Gasteiger partial charge in [-0.3, -0.25) is 0 Å². The summed E-state index contributed by atoms with van der Waals surface area (Å²) in [6.45, 7) is 2.08. The molecule has 3 rings (SSSR count). The van der Waals surface area contributed by atoms with E-state index in [2.05, 4.69) is 21.2 Å². The largest absolute Gasteiger partial charge is 0.486 e. The molecule has 2 aromatic rings. The minimum absolute atomic E-state index is 0.0313. The van der Waals surface area contributed by atoms with Crippen LogP contribution in [-0.4, -0.2) is 19.3 Å². The van der Waals surface area contributed by atoms with Gasteiger partial charge in [-0.1, -0.05) is 23.7 Å². The Labute approximate surface area is 135 Å². The Bertz CT molecular complexity index is 585. The highest BCUT2D eigenvalue weighted by atomic mass is 79.9. The quantitative estimate of drug-likeness (QED) is 0.874. The van der Waals surface area contributed by atoms with Crippen LogP contribution in [0.15, 0.2) is 34.8 Å². The third-order valence-electron chi connectivity index (χ3n) is 2.93. The highest BCUT2D eigenvalue weighted by Gasteiger charge is 2.20. The van der Waals surface area contributed by atoms with Crippen LogP contribution in [0.3, 0.4) is 0 Å². The van der Waals surface area contributed by atoms with Crippen LogP contribution in [0, 0.1) is 0 Å². The number of rotatable bonds is 4. The van der Waals surface area contributed by atoms with E-state index in [4.69, 9.17) is 21.1 Å². The lowest BCUT2D eigenvalue weighted by Gasteiger charge is -2.26. The lowest BCUT2D eigenvalue weighted by molar-refractivity contribution is 0.0903. The standard InChI is InChI=1S/C14H13BrClNO2S/c15-11-5-10(20-14(11)16)7-17-6-9-8-18-12-3-1-2-4-13(12)19-9/h1-5,9,17H,6-8H2. The Morgan fingerprint density at radius 1 is 1.35 bits per heavy atom. The maximum atomic E-state index is 6.01. The van der Waals surface area contributed by atoms with E-state index in [1.54, 1.807) is 11.3 Å². The summed E-state index contributed by atoms with van der Waals surface area (Å²) >= 11 is 11.0. The van der Waals surface area contributed by atoms with E-state index in [-0.39, 0.29) is 6.10 Å². The Morgan fingerprint density at radius 3 is 2.90 bits per heavy atom. The Morgan fingerprint density at radius 2 is 2.15 bits per heavy atom. The summed E-state index contributed by atoms with van der Waals surface area (Å²) < 4.78 is 13.3. The van der Waals surface area contributed by atoms with E-state index >= 15 is 0 Å². The molecule has 1 atom stereocenters. The van der Waals surface area contributed by atoms with Gasteiger partial charge in [-0.05, 0) is 34.1 Å². The van der Waals surface area contributed by atoms with E-state index in [1.807, 2.05) is 30.3 Å². The van der Waals surface area contributed by atoms with Gasteiger partial charge in [-0.2, -0.15) is 0 Å². The predicted molar refractivity (Wildman–Crippen MR) is 85.1 cm³/mol. The van der Waals surface area contributed by atoms with Crippen molar-refractivity contribution in [3.05, 3.63) is 44.0 Å². The summed E-state index contributed by atoms with van der Waals surface area (Å²) in [6.07, 6.45) is 0.0313. The van der Waals surface area contributed by atoms with E-state index in [0.717, 1.165) is 33.4 Å². The van der Waals surface area contributed by atoms with Gasteiger partial charge in [0.1, 0.15) is 17.0 Å². The average Bonchev–Trinajstić information content (AvgIpc) is 2.77. The molecule has 1 aliphatic heterocycles. The van der Waals surface area contributed by atoms with Crippen molar-refractivity contribution in [3.8, 4) is 11.5 Å². The summed E-state index contributed by atoms with van der Waals surface area (Å²) in [5, 5.41) is 3.37. The van der Waals surface area contributed by atoms with Gasteiger partial charge in [0.25, 0.3) is 0 Å². The molecule has 0 aliphatic carbocycles. The van der Waals surface area contributed by atoms with E-state index in [1.165, 1.54) is 4.88 Å². The first-order valence-electron chi connectivity index (χ1n) is 6.25. The van der Waals surface area contributed by atoms with Gasteiger partial charge >= 0.3 is 0 Å². The average molecular weight is 375 g/mol. The fourth-order valence-corrected chi connectivity index (χ4v) is 3.76. The van der Waals surface area contributed by atoms with Gasteiger partial charge in [-0.15, -0.1) is 11.3 Å². The van der Waals surface area contributed by atoms with Gasteiger partial charge in [0.15, 0.2) is 11.5 Å². The van der Waals surface area contributed by atoms with Crippen molar-refractivity contribution in [1.29, 1.82) is 0 Å². The van der Waals surface area contributed by atoms with Crippen molar-refractivity contribution in [2.75, 3.05) is 13.2 Å². The van der Waals surface area contributed by atoms with Crippen LogP contribution in [0.4, 0.5) is 0 Å². The number of nitrogens with one attached hydrogen (secondary N) is 1. The topological polar surface area (TPSA) is 30.5 Å². The van der Waals surface area contributed by atoms with Crippen LogP contribution in [0.1, 0.15) is 4.88 Å². The molecular weight excluding hydrogens is 362 g/mol. The van der Waals surface area contributed by atoms with Crippen LogP contribution in [0.2, 0.25) is 4.34 Å². The molecule has 0 bridgehead atoms. The summed E-state index contributed by atoms with van der Waals surface area (Å²) in [7, 11) is 0. The zero-order chi connectivity index (χ0) is 13.9. The molecule has 1 unspecified atom stereocenters. The molecule has 0 spiro atoms.